The number of carbonyl (C=O) groups excluding carboxylic acids is 1. The van der Waals surface area contributed by atoms with E-state index < -0.39 is 0 Å². The minimum absolute atomic E-state index is 0.0242. The fourth-order valence-corrected chi connectivity index (χ4v) is 3.50. The molecule has 2 aromatic carbocycles. The van der Waals surface area contributed by atoms with Crippen LogP contribution in [0.25, 0.3) is 11.1 Å². The predicted molar refractivity (Wildman–Crippen MR) is 99.9 cm³/mol. The van der Waals surface area contributed by atoms with Crippen molar-refractivity contribution >= 4 is 11.6 Å². The molecule has 1 amide bonds. The van der Waals surface area contributed by atoms with E-state index in [0.717, 1.165) is 16.8 Å². The van der Waals surface area contributed by atoms with Crippen LogP contribution in [0.5, 0.6) is 0 Å². The van der Waals surface area contributed by atoms with Crippen LogP contribution < -0.4 is 10.6 Å². The van der Waals surface area contributed by atoms with Gasteiger partial charge in [-0.25, -0.2) is 0 Å². The fraction of sp³-hybridized carbons (Fsp3) is 0.381. The smallest absolute Gasteiger partial charge is 0.238 e. The van der Waals surface area contributed by atoms with E-state index in [9.17, 15) is 4.79 Å². The number of amides is 1. The molecule has 0 heterocycles. The molecule has 1 fully saturated rings. The molecule has 2 N–H and O–H groups in total. The van der Waals surface area contributed by atoms with Crippen molar-refractivity contribution in [2.75, 3.05) is 11.9 Å². The Kier molecular flexibility index (Phi) is 5.65. The van der Waals surface area contributed by atoms with Gasteiger partial charge in [-0.05, 0) is 30.4 Å². The molecule has 2 atom stereocenters. The molecular formula is C21H26N2O. The average molecular weight is 322 g/mol. The topological polar surface area (TPSA) is 41.1 Å². The average Bonchev–Trinajstić information content (AvgIpc) is 2.62. The minimum atomic E-state index is 0.0242. The third-order valence-electron chi connectivity index (χ3n) is 4.92. The van der Waals surface area contributed by atoms with Crippen molar-refractivity contribution in [3.05, 3.63) is 54.6 Å². The van der Waals surface area contributed by atoms with Crippen molar-refractivity contribution in [3.8, 4) is 11.1 Å². The van der Waals surface area contributed by atoms with E-state index in [1.54, 1.807) is 0 Å². The number of benzene rings is 2. The summed E-state index contributed by atoms with van der Waals surface area (Å²) in [5.74, 6) is 0.680. The first-order chi connectivity index (χ1) is 11.7. The lowest BCUT2D eigenvalue weighted by Gasteiger charge is -2.29. The van der Waals surface area contributed by atoms with E-state index in [1.165, 1.54) is 25.7 Å². The van der Waals surface area contributed by atoms with E-state index in [1.807, 2.05) is 42.5 Å². The standard InChI is InChI=1S/C21H26N2O/c1-16-9-5-7-13-19(16)22-15-21(24)23-20-14-8-6-12-18(20)17-10-3-2-4-11-17/h2-4,6,8,10-12,14,16,19,22H,5,7,9,13,15H2,1H3,(H,23,24)/t16-,19+/m1/s1. The number of para-hydroxylation sites is 1. The van der Waals surface area contributed by atoms with E-state index in [-0.39, 0.29) is 5.91 Å². The van der Waals surface area contributed by atoms with Gasteiger partial charge in [-0.1, -0.05) is 68.3 Å². The number of anilines is 1. The molecule has 0 aromatic heterocycles. The molecule has 0 spiro atoms. The van der Waals surface area contributed by atoms with Crippen LogP contribution in [0.3, 0.4) is 0 Å². The Hall–Kier alpha value is -2.13. The van der Waals surface area contributed by atoms with Gasteiger partial charge in [-0.3, -0.25) is 4.79 Å². The highest BCUT2D eigenvalue weighted by molar-refractivity contribution is 5.96. The molecule has 0 unspecified atom stereocenters. The molecule has 1 saturated carbocycles. The lowest BCUT2D eigenvalue weighted by molar-refractivity contribution is -0.115. The summed E-state index contributed by atoms with van der Waals surface area (Å²) in [5, 5.41) is 6.50. The van der Waals surface area contributed by atoms with Gasteiger partial charge in [0.15, 0.2) is 0 Å². The molecule has 3 heteroatoms. The second kappa shape index (κ2) is 8.11. The molecule has 0 aliphatic heterocycles. The van der Waals surface area contributed by atoms with Gasteiger partial charge in [-0.15, -0.1) is 0 Å². The summed E-state index contributed by atoms with van der Waals surface area (Å²) < 4.78 is 0. The summed E-state index contributed by atoms with van der Waals surface area (Å²) in [7, 11) is 0. The number of hydrogen-bond donors (Lipinski definition) is 2. The summed E-state index contributed by atoms with van der Waals surface area (Å²) in [6.07, 6.45) is 5.02. The SMILES string of the molecule is C[C@@H]1CCCC[C@@H]1NCC(=O)Nc1ccccc1-c1ccccc1. The molecule has 24 heavy (non-hydrogen) atoms. The first kappa shape index (κ1) is 16.7. The quantitative estimate of drug-likeness (QED) is 0.853. The van der Waals surface area contributed by atoms with Crippen LogP contribution in [0.2, 0.25) is 0 Å². The number of carbonyl (C=O) groups is 1. The molecule has 3 nitrogen and oxygen atoms in total. The van der Waals surface area contributed by atoms with Gasteiger partial charge in [0.1, 0.15) is 0 Å². The zero-order valence-electron chi connectivity index (χ0n) is 14.3. The van der Waals surface area contributed by atoms with Gasteiger partial charge in [-0.2, -0.15) is 0 Å². The van der Waals surface area contributed by atoms with Gasteiger partial charge in [0.05, 0.1) is 6.54 Å². The Balaban J connectivity index is 1.62. The highest BCUT2D eigenvalue weighted by atomic mass is 16.1. The highest BCUT2D eigenvalue weighted by Crippen LogP contribution is 2.27. The van der Waals surface area contributed by atoms with Crippen LogP contribution in [0.4, 0.5) is 5.69 Å². The Bertz CT molecular complexity index is 669. The zero-order chi connectivity index (χ0) is 16.8. The maximum atomic E-state index is 12.4. The summed E-state index contributed by atoms with van der Waals surface area (Å²) in [6, 6.07) is 18.6. The maximum absolute atomic E-state index is 12.4. The third-order valence-corrected chi connectivity index (χ3v) is 4.92. The van der Waals surface area contributed by atoms with Gasteiger partial charge < -0.3 is 10.6 Å². The van der Waals surface area contributed by atoms with Gasteiger partial charge in [0, 0.05) is 17.3 Å². The summed E-state index contributed by atoms with van der Waals surface area (Å²) in [6.45, 7) is 2.65. The molecule has 3 rings (SSSR count). The van der Waals surface area contributed by atoms with Crippen LogP contribution in [0, 0.1) is 5.92 Å². The molecular weight excluding hydrogens is 296 g/mol. The normalized spacial score (nSPS) is 20.5. The van der Waals surface area contributed by atoms with Crippen LogP contribution in [0.15, 0.2) is 54.6 Å². The Morgan fingerprint density at radius 1 is 1.00 bits per heavy atom. The van der Waals surface area contributed by atoms with Crippen LogP contribution >= 0.6 is 0 Å². The van der Waals surface area contributed by atoms with Crippen LogP contribution in [0.1, 0.15) is 32.6 Å². The van der Waals surface area contributed by atoms with Crippen molar-refractivity contribution in [1.82, 2.24) is 5.32 Å². The first-order valence-electron chi connectivity index (χ1n) is 8.92. The van der Waals surface area contributed by atoms with Crippen molar-refractivity contribution in [1.29, 1.82) is 0 Å². The second-order valence-electron chi connectivity index (χ2n) is 6.71. The summed E-state index contributed by atoms with van der Waals surface area (Å²) >= 11 is 0. The van der Waals surface area contributed by atoms with Gasteiger partial charge in [0.25, 0.3) is 0 Å². The monoisotopic (exact) mass is 322 g/mol. The molecule has 126 valence electrons. The Labute approximate surface area is 144 Å². The number of hydrogen-bond acceptors (Lipinski definition) is 2. The third kappa shape index (κ3) is 4.24. The predicted octanol–water partition coefficient (Wildman–Crippen LogP) is 4.46. The maximum Gasteiger partial charge on any atom is 0.238 e. The second-order valence-corrected chi connectivity index (χ2v) is 6.71. The van der Waals surface area contributed by atoms with Gasteiger partial charge in [0.2, 0.25) is 5.91 Å². The molecule has 1 aliphatic carbocycles. The van der Waals surface area contributed by atoms with E-state index in [0.29, 0.717) is 18.5 Å². The van der Waals surface area contributed by atoms with Crippen molar-refractivity contribution < 1.29 is 4.79 Å². The molecule has 0 saturated heterocycles. The van der Waals surface area contributed by atoms with Crippen molar-refractivity contribution in [3.63, 3.8) is 0 Å². The molecule has 2 aromatic rings. The number of rotatable bonds is 5. The largest absolute Gasteiger partial charge is 0.324 e. The molecule has 0 radical (unpaired) electrons. The first-order valence-corrected chi connectivity index (χ1v) is 8.92. The number of nitrogens with one attached hydrogen (secondary N) is 2. The zero-order valence-corrected chi connectivity index (χ0v) is 14.3. The van der Waals surface area contributed by atoms with E-state index in [2.05, 4.69) is 29.7 Å². The van der Waals surface area contributed by atoms with E-state index in [4.69, 9.17) is 0 Å². The minimum Gasteiger partial charge on any atom is -0.324 e. The Morgan fingerprint density at radius 2 is 1.71 bits per heavy atom. The van der Waals surface area contributed by atoms with Gasteiger partial charge >= 0.3 is 0 Å². The van der Waals surface area contributed by atoms with Crippen LogP contribution in [-0.4, -0.2) is 18.5 Å². The summed E-state index contributed by atoms with van der Waals surface area (Å²) in [5.41, 5.74) is 3.03. The lowest BCUT2D eigenvalue weighted by Crippen LogP contribution is -2.41. The molecule has 0 bridgehead atoms. The van der Waals surface area contributed by atoms with Crippen molar-refractivity contribution in [2.24, 2.45) is 5.92 Å². The van der Waals surface area contributed by atoms with Crippen molar-refractivity contribution in [2.45, 2.75) is 38.6 Å². The van der Waals surface area contributed by atoms with E-state index >= 15 is 0 Å². The Morgan fingerprint density at radius 3 is 2.50 bits per heavy atom. The lowest BCUT2D eigenvalue weighted by atomic mass is 9.86. The summed E-state index contributed by atoms with van der Waals surface area (Å²) in [4.78, 5) is 12.4. The highest BCUT2D eigenvalue weighted by Gasteiger charge is 2.21. The fourth-order valence-electron chi connectivity index (χ4n) is 3.50. The van der Waals surface area contributed by atoms with Crippen LogP contribution in [-0.2, 0) is 4.79 Å². The molecule has 1 aliphatic rings.